The molecule has 2 heterocycles. The largest absolute Gasteiger partial charge is 0.496 e. The van der Waals surface area contributed by atoms with Crippen molar-refractivity contribution in [2.24, 2.45) is 0 Å². The van der Waals surface area contributed by atoms with E-state index in [-0.39, 0.29) is 0 Å². The zero-order chi connectivity index (χ0) is 22.8. The summed E-state index contributed by atoms with van der Waals surface area (Å²) < 4.78 is 11.2. The van der Waals surface area contributed by atoms with E-state index in [1.54, 1.807) is 24.5 Å². The SMILES string of the molecule is COc1ccccc1Cc1sc(NCc2ccc3c(c2)CCO3)nc1-c1ccc(Cl)cc1Cl. The quantitative estimate of drug-likeness (QED) is 0.292. The van der Waals surface area contributed by atoms with Gasteiger partial charge in [0.2, 0.25) is 0 Å². The maximum Gasteiger partial charge on any atom is 0.183 e. The smallest absolute Gasteiger partial charge is 0.183 e. The molecule has 33 heavy (non-hydrogen) atoms. The molecule has 0 saturated carbocycles. The van der Waals surface area contributed by atoms with Crippen LogP contribution in [0.5, 0.6) is 11.5 Å². The summed E-state index contributed by atoms with van der Waals surface area (Å²) in [7, 11) is 1.69. The number of aromatic nitrogens is 1. The summed E-state index contributed by atoms with van der Waals surface area (Å²) >= 11 is 14.3. The highest BCUT2D eigenvalue weighted by Crippen LogP contribution is 2.38. The van der Waals surface area contributed by atoms with Crippen LogP contribution in [0.2, 0.25) is 10.0 Å². The van der Waals surface area contributed by atoms with Gasteiger partial charge in [0, 0.05) is 34.8 Å². The van der Waals surface area contributed by atoms with Crippen LogP contribution in [0.15, 0.2) is 60.7 Å². The van der Waals surface area contributed by atoms with E-state index in [0.717, 1.165) is 51.4 Å². The lowest BCUT2D eigenvalue weighted by molar-refractivity contribution is 0.357. The van der Waals surface area contributed by atoms with Crippen LogP contribution in [-0.4, -0.2) is 18.7 Å². The second kappa shape index (κ2) is 9.64. The molecule has 7 heteroatoms. The molecule has 3 aromatic carbocycles. The summed E-state index contributed by atoms with van der Waals surface area (Å²) in [5.41, 5.74) is 5.29. The molecule has 0 fully saturated rings. The fourth-order valence-corrected chi connectivity index (χ4v) is 5.48. The third-order valence-corrected chi connectivity index (χ3v) is 7.19. The number of hydrogen-bond acceptors (Lipinski definition) is 5. The Morgan fingerprint density at radius 3 is 2.82 bits per heavy atom. The van der Waals surface area contributed by atoms with Crippen molar-refractivity contribution < 1.29 is 9.47 Å². The predicted octanol–water partition coefficient (Wildman–Crippen LogP) is 7.26. The molecule has 0 unspecified atom stereocenters. The highest BCUT2D eigenvalue weighted by atomic mass is 35.5. The van der Waals surface area contributed by atoms with Crippen molar-refractivity contribution in [3.05, 3.63) is 92.3 Å². The lowest BCUT2D eigenvalue weighted by Gasteiger charge is -2.09. The van der Waals surface area contributed by atoms with Crippen molar-refractivity contribution in [3.8, 4) is 22.8 Å². The number of para-hydroxylation sites is 1. The summed E-state index contributed by atoms with van der Waals surface area (Å²) in [6.45, 7) is 1.44. The number of hydrogen-bond donors (Lipinski definition) is 1. The van der Waals surface area contributed by atoms with E-state index < -0.39 is 0 Å². The lowest BCUT2D eigenvalue weighted by Crippen LogP contribution is -1.99. The van der Waals surface area contributed by atoms with Gasteiger partial charge in [-0.05, 0) is 47.0 Å². The van der Waals surface area contributed by atoms with Crippen molar-refractivity contribution in [2.45, 2.75) is 19.4 Å². The normalized spacial score (nSPS) is 12.3. The monoisotopic (exact) mass is 496 g/mol. The number of nitrogens with one attached hydrogen (secondary N) is 1. The molecule has 0 amide bonds. The van der Waals surface area contributed by atoms with Crippen LogP contribution >= 0.6 is 34.5 Å². The molecule has 1 aliphatic heterocycles. The van der Waals surface area contributed by atoms with Gasteiger partial charge in [-0.15, -0.1) is 11.3 Å². The summed E-state index contributed by atoms with van der Waals surface area (Å²) in [5.74, 6) is 1.85. The van der Waals surface area contributed by atoms with E-state index >= 15 is 0 Å². The van der Waals surface area contributed by atoms with Gasteiger partial charge in [-0.1, -0.05) is 53.5 Å². The first-order chi connectivity index (χ1) is 16.1. The van der Waals surface area contributed by atoms with E-state index in [1.807, 2.05) is 36.4 Å². The van der Waals surface area contributed by atoms with Crippen LogP contribution in [0.1, 0.15) is 21.6 Å². The molecule has 1 N–H and O–H groups in total. The highest BCUT2D eigenvalue weighted by Gasteiger charge is 2.18. The fourth-order valence-electron chi connectivity index (χ4n) is 3.99. The average Bonchev–Trinajstić information content (AvgIpc) is 3.44. The van der Waals surface area contributed by atoms with Crippen LogP contribution in [0.3, 0.4) is 0 Å². The first-order valence-electron chi connectivity index (χ1n) is 10.7. The molecular formula is C26H22Cl2N2O2S. The third-order valence-electron chi connectivity index (χ3n) is 5.62. The van der Waals surface area contributed by atoms with Crippen molar-refractivity contribution in [1.29, 1.82) is 0 Å². The number of rotatable bonds is 7. The van der Waals surface area contributed by atoms with E-state index in [4.69, 9.17) is 37.7 Å². The molecule has 4 aromatic rings. The number of anilines is 1. The fraction of sp³-hybridized carbons (Fsp3) is 0.192. The van der Waals surface area contributed by atoms with Crippen LogP contribution in [0.25, 0.3) is 11.3 Å². The molecule has 1 aromatic heterocycles. The maximum atomic E-state index is 6.56. The number of methoxy groups -OCH3 is 1. The molecule has 0 radical (unpaired) electrons. The number of ether oxygens (including phenoxy) is 2. The lowest BCUT2D eigenvalue weighted by atomic mass is 10.1. The summed E-state index contributed by atoms with van der Waals surface area (Å²) in [5, 5.41) is 5.52. The van der Waals surface area contributed by atoms with Crippen molar-refractivity contribution in [3.63, 3.8) is 0 Å². The molecule has 0 aliphatic carbocycles. The minimum absolute atomic E-state index is 0.583. The minimum atomic E-state index is 0.583. The second-order valence-electron chi connectivity index (χ2n) is 7.80. The molecule has 0 bridgehead atoms. The Morgan fingerprint density at radius 2 is 1.97 bits per heavy atom. The number of benzene rings is 3. The van der Waals surface area contributed by atoms with Crippen molar-refractivity contribution in [2.75, 3.05) is 19.0 Å². The second-order valence-corrected chi connectivity index (χ2v) is 9.72. The van der Waals surface area contributed by atoms with Crippen LogP contribution in [0, 0.1) is 0 Å². The van der Waals surface area contributed by atoms with Gasteiger partial charge in [0.05, 0.1) is 24.4 Å². The first kappa shape index (κ1) is 22.1. The molecular weight excluding hydrogens is 475 g/mol. The van der Waals surface area contributed by atoms with Gasteiger partial charge in [0.1, 0.15) is 11.5 Å². The van der Waals surface area contributed by atoms with Crippen molar-refractivity contribution in [1.82, 2.24) is 4.98 Å². The molecule has 0 saturated heterocycles. The third kappa shape index (κ3) is 4.81. The molecule has 5 rings (SSSR count). The summed E-state index contributed by atoms with van der Waals surface area (Å²) in [6, 6.07) is 19.9. The van der Waals surface area contributed by atoms with E-state index in [2.05, 4.69) is 23.5 Å². The van der Waals surface area contributed by atoms with Gasteiger partial charge in [-0.25, -0.2) is 4.98 Å². The zero-order valence-electron chi connectivity index (χ0n) is 18.0. The number of fused-ring (bicyclic) bond motifs is 1. The Kier molecular flexibility index (Phi) is 6.45. The highest BCUT2D eigenvalue weighted by molar-refractivity contribution is 7.16. The average molecular weight is 497 g/mol. The first-order valence-corrected chi connectivity index (χ1v) is 12.2. The van der Waals surface area contributed by atoms with Gasteiger partial charge in [0.15, 0.2) is 5.13 Å². The standard InChI is InChI=1S/C26H22Cl2N2O2S/c1-31-22-5-3-2-4-17(22)13-24-25(20-8-7-19(27)14-21(20)28)30-26(33-24)29-15-16-6-9-23-18(12-16)10-11-32-23/h2-9,12,14H,10-11,13,15H2,1H3,(H,29,30). The molecule has 4 nitrogen and oxygen atoms in total. The van der Waals surface area contributed by atoms with E-state index in [1.165, 1.54) is 11.1 Å². The summed E-state index contributed by atoms with van der Waals surface area (Å²) in [4.78, 5) is 6.03. The topological polar surface area (TPSA) is 43.4 Å². The number of thiazole rings is 1. The molecule has 0 spiro atoms. The minimum Gasteiger partial charge on any atom is -0.496 e. The Labute approximate surface area is 207 Å². The van der Waals surface area contributed by atoms with Crippen LogP contribution in [-0.2, 0) is 19.4 Å². The Hall–Kier alpha value is -2.73. The van der Waals surface area contributed by atoms with Gasteiger partial charge in [0.25, 0.3) is 0 Å². The van der Waals surface area contributed by atoms with E-state index in [9.17, 15) is 0 Å². The zero-order valence-corrected chi connectivity index (χ0v) is 20.4. The Morgan fingerprint density at radius 1 is 1.09 bits per heavy atom. The Balaban J connectivity index is 1.46. The van der Waals surface area contributed by atoms with Crippen LogP contribution < -0.4 is 14.8 Å². The van der Waals surface area contributed by atoms with Gasteiger partial charge in [-0.3, -0.25) is 0 Å². The van der Waals surface area contributed by atoms with Gasteiger partial charge < -0.3 is 14.8 Å². The molecule has 168 valence electrons. The Bertz CT molecular complexity index is 1310. The van der Waals surface area contributed by atoms with Crippen molar-refractivity contribution >= 4 is 39.7 Å². The molecule has 1 aliphatic rings. The number of halogens is 2. The molecule has 0 atom stereocenters. The predicted molar refractivity (Wildman–Crippen MR) is 136 cm³/mol. The van der Waals surface area contributed by atoms with Crippen LogP contribution in [0.4, 0.5) is 5.13 Å². The number of nitrogens with zero attached hydrogens (tertiary/aromatic N) is 1. The van der Waals surface area contributed by atoms with E-state index in [0.29, 0.717) is 23.0 Å². The van der Waals surface area contributed by atoms with Gasteiger partial charge in [-0.2, -0.15) is 0 Å². The maximum absolute atomic E-state index is 6.56. The van der Waals surface area contributed by atoms with Gasteiger partial charge >= 0.3 is 0 Å². The summed E-state index contributed by atoms with van der Waals surface area (Å²) in [6.07, 6.45) is 1.65.